The Labute approximate surface area is 376 Å². The molecule has 0 saturated heterocycles. The minimum Gasteiger partial charge on any atom is -0.464 e. The summed E-state index contributed by atoms with van der Waals surface area (Å²) in [6, 6.07) is 68.1. The van der Waals surface area contributed by atoms with Crippen molar-refractivity contribution in [3.63, 3.8) is 0 Å². The van der Waals surface area contributed by atoms with E-state index < -0.39 is 0 Å². The topological polar surface area (TPSA) is 45.9 Å². The van der Waals surface area contributed by atoms with E-state index in [9.17, 15) is 0 Å². The minimum atomic E-state index is -0.125. The summed E-state index contributed by atoms with van der Waals surface area (Å²) in [7, 11) is 0. The fraction of sp³-hybridized carbons (Fsp3) is 0. The second-order valence-electron chi connectivity index (χ2n) is 17.2. The Morgan fingerprint density at radius 1 is 0.385 bits per heavy atom. The van der Waals surface area contributed by atoms with Gasteiger partial charge in [0.15, 0.2) is 0 Å². The molecule has 2 aliphatic rings. The zero-order valence-corrected chi connectivity index (χ0v) is 35.5. The number of para-hydroxylation sites is 1. The number of rotatable bonds is 4. The molecular weight excluding hydrogens is 816 g/mol. The molecule has 9 aromatic carbocycles. The highest BCUT2D eigenvalue weighted by atomic mass is 32.1. The Bertz CT molecular complexity index is 3850. The summed E-state index contributed by atoms with van der Waals surface area (Å²) in [5.74, 6) is 0. The van der Waals surface area contributed by atoms with Gasteiger partial charge in [-0.3, -0.25) is 0 Å². The lowest BCUT2D eigenvalue weighted by Gasteiger charge is -2.44. The van der Waals surface area contributed by atoms with Crippen LogP contribution in [0.1, 0.15) is 0 Å². The molecule has 15 rings (SSSR count). The van der Waals surface area contributed by atoms with Gasteiger partial charge in [-0.2, -0.15) is 0 Å². The van der Waals surface area contributed by atoms with Crippen LogP contribution in [0.15, 0.2) is 214 Å². The average Bonchev–Trinajstić information content (AvgIpc) is 4.18. The van der Waals surface area contributed by atoms with E-state index in [1.54, 1.807) is 6.26 Å². The minimum absolute atomic E-state index is 0.125. The van der Waals surface area contributed by atoms with Crippen molar-refractivity contribution in [3.05, 3.63) is 201 Å². The number of anilines is 6. The summed E-state index contributed by atoms with van der Waals surface area (Å²) in [5.41, 5.74) is 18.0. The largest absolute Gasteiger partial charge is 0.464 e. The van der Waals surface area contributed by atoms with E-state index in [1.165, 1.54) is 36.6 Å². The summed E-state index contributed by atoms with van der Waals surface area (Å²) in [6.07, 6.45) is 3.61. The predicted molar refractivity (Wildman–Crippen MR) is 271 cm³/mol. The third-order valence-electron chi connectivity index (χ3n) is 13.8. The first kappa shape index (κ1) is 35.2. The van der Waals surface area contributed by atoms with Crippen LogP contribution in [0.2, 0.25) is 0 Å². The summed E-state index contributed by atoms with van der Waals surface area (Å²) >= 11 is 1.86. The zero-order valence-electron chi connectivity index (χ0n) is 34.7. The van der Waals surface area contributed by atoms with Crippen LogP contribution in [0.25, 0.3) is 86.3 Å². The van der Waals surface area contributed by atoms with Crippen molar-refractivity contribution in [2.75, 3.05) is 9.80 Å². The standard InChI is InChI=1S/C58H33BN2O3S/c1-3-12-34(13-4-1)54-44(24-22-36-26-28-62-57(36)54)60-46-18-11-19-47-56(46)59(42-30-40-38-16-7-9-20-50(38)64-51(40)32-48(42)60)43-31-41-39-17-8-10-21-52(39)65-53(41)33-49(43)61(47)45-25-23-37-27-29-63-58(37)55(45)35-14-5-2-6-15-35/h1-33H. The molecule has 0 amide bonds. The van der Waals surface area contributed by atoms with Crippen molar-refractivity contribution in [2.24, 2.45) is 0 Å². The van der Waals surface area contributed by atoms with Crippen LogP contribution in [-0.2, 0) is 0 Å². The van der Waals surface area contributed by atoms with Gasteiger partial charge in [0.1, 0.15) is 22.3 Å². The lowest BCUT2D eigenvalue weighted by atomic mass is 9.33. The van der Waals surface area contributed by atoms with Crippen molar-refractivity contribution >= 4 is 133 Å². The maximum absolute atomic E-state index is 6.73. The average molecular weight is 849 g/mol. The Balaban J connectivity index is 1.11. The molecule has 7 heteroatoms. The number of nitrogens with zero attached hydrogens (tertiary/aromatic N) is 2. The molecule has 0 bridgehead atoms. The summed E-state index contributed by atoms with van der Waals surface area (Å²) < 4.78 is 22.1. The molecule has 0 saturated carbocycles. The van der Waals surface area contributed by atoms with E-state index in [1.807, 2.05) is 17.6 Å². The highest BCUT2D eigenvalue weighted by molar-refractivity contribution is 7.26. The zero-order chi connectivity index (χ0) is 42.3. The highest BCUT2D eigenvalue weighted by Gasteiger charge is 2.45. The fourth-order valence-corrected chi connectivity index (χ4v) is 12.2. The van der Waals surface area contributed by atoms with Crippen molar-refractivity contribution in [1.82, 2.24) is 0 Å². The van der Waals surface area contributed by atoms with E-state index in [0.29, 0.717) is 0 Å². The van der Waals surface area contributed by atoms with Crippen LogP contribution in [0, 0.1) is 0 Å². The summed E-state index contributed by atoms with van der Waals surface area (Å²) in [5, 5.41) is 6.87. The number of furan rings is 3. The van der Waals surface area contributed by atoms with Crippen molar-refractivity contribution in [2.45, 2.75) is 0 Å². The quantitative estimate of drug-likeness (QED) is 0.165. The second-order valence-corrected chi connectivity index (χ2v) is 18.2. The number of thiophene rings is 1. The maximum atomic E-state index is 6.73. The van der Waals surface area contributed by atoms with Gasteiger partial charge in [-0.25, -0.2) is 0 Å². The van der Waals surface area contributed by atoms with Gasteiger partial charge in [0.25, 0.3) is 6.71 Å². The fourth-order valence-electron chi connectivity index (χ4n) is 11.1. The van der Waals surface area contributed by atoms with Gasteiger partial charge in [-0.15, -0.1) is 11.3 Å². The Kier molecular flexibility index (Phi) is 7.12. The Morgan fingerprint density at radius 2 is 0.954 bits per heavy atom. The van der Waals surface area contributed by atoms with Gasteiger partial charge in [-0.05, 0) is 99.6 Å². The normalized spacial score (nSPS) is 13.1. The maximum Gasteiger partial charge on any atom is 0.252 e. The first-order valence-corrected chi connectivity index (χ1v) is 22.8. The molecule has 2 aliphatic heterocycles. The second kappa shape index (κ2) is 13.1. The third kappa shape index (κ3) is 4.87. The molecule has 65 heavy (non-hydrogen) atoms. The first-order chi connectivity index (χ1) is 32.2. The molecular formula is C58H33BN2O3S. The lowest BCUT2D eigenvalue weighted by molar-refractivity contribution is 0.616. The smallest absolute Gasteiger partial charge is 0.252 e. The molecule has 0 aliphatic carbocycles. The SMILES string of the molecule is c1ccc(-c2c(N3c4cc5oc6ccccc6c5cc4B4c5cc6c(cc5N(c5ccc7ccoc7c5-c5ccccc5)c5cccc3c54)sc3ccccc36)ccc3ccoc23)cc1. The number of fused-ring (bicyclic) bond motifs is 12. The Morgan fingerprint density at radius 3 is 1.62 bits per heavy atom. The predicted octanol–water partition coefficient (Wildman–Crippen LogP) is 14.9. The first-order valence-electron chi connectivity index (χ1n) is 22.0. The monoisotopic (exact) mass is 848 g/mol. The van der Waals surface area contributed by atoms with Crippen molar-refractivity contribution in [3.8, 4) is 22.3 Å². The van der Waals surface area contributed by atoms with E-state index in [4.69, 9.17) is 13.3 Å². The van der Waals surface area contributed by atoms with E-state index in [0.717, 1.165) is 100 Å². The number of hydrogen-bond acceptors (Lipinski definition) is 6. The number of hydrogen-bond donors (Lipinski definition) is 0. The molecule has 6 heterocycles. The molecule has 0 fully saturated rings. The molecule has 302 valence electrons. The molecule has 0 spiro atoms. The highest BCUT2D eigenvalue weighted by Crippen LogP contribution is 2.52. The van der Waals surface area contributed by atoms with Crippen LogP contribution in [-0.4, -0.2) is 6.71 Å². The van der Waals surface area contributed by atoms with Gasteiger partial charge in [0.2, 0.25) is 0 Å². The molecule has 5 nitrogen and oxygen atoms in total. The van der Waals surface area contributed by atoms with Crippen LogP contribution < -0.4 is 26.2 Å². The lowest BCUT2D eigenvalue weighted by Crippen LogP contribution is -2.61. The van der Waals surface area contributed by atoms with Gasteiger partial charge < -0.3 is 23.1 Å². The Hall–Kier alpha value is -8.26. The van der Waals surface area contributed by atoms with E-state index >= 15 is 0 Å². The molecule has 0 atom stereocenters. The van der Waals surface area contributed by atoms with Crippen LogP contribution >= 0.6 is 11.3 Å². The van der Waals surface area contributed by atoms with Gasteiger partial charge >= 0.3 is 0 Å². The molecule has 0 N–H and O–H groups in total. The number of benzene rings is 9. The third-order valence-corrected chi connectivity index (χ3v) is 14.9. The van der Waals surface area contributed by atoms with Gasteiger partial charge in [0.05, 0.1) is 23.9 Å². The summed E-state index contributed by atoms with van der Waals surface area (Å²) in [4.78, 5) is 4.98. The van der Waals surface area contributed by atoms with E-state index in [-0.39, 0.29) is 6.71 Å². The van der Waals surface area contributed by atoms with Crippen molar-refractivity contribution in [1.29, 1.82) is 0 Å². The van der Waals surface area contributed by atoms with Crippen molar-refractivity contribution < 1.29 is 13.3 Å². The van der Waals surface area contributed by atoms with Crippen LogP contribution in [0.5, 0.6) is 0 Å². The van der Waals surface area contributed by atoms with Gasteiger partial charge in [0, 0.05) is 76.3 Å². The molecule has 0 radical (unpaired) electrons. The molecule has 13 aromatic rings. The van der Waals surface area contributed by atoms with Crippen LogP contribution in [0.4, 0.5) is 34.1 Å². The van der Waals surface area contributed by atoms with Crippen LogP contribution in [0.3, 0.4) is 0 Å². The molecule has 0 unspecified atom stereocenters. The van der Waals surface area contributed by atoms with Gasteiger partial charge in [-0.1, -0.05) is 115 Å². The molecule has 4 aromatic heterocycles. The summed E-state index contributed by atoms with van der Waals surface area (Å²) in [6.45, 7) is -0.125. The van der Waals surface area contributed by atoms with E-state index in [2.05, 4.69) is 198 Å².